The fourth-order valence-corrected chi connectivity index (χ4v) is 4.01. The predicted molar refractivity (Wildman–Crippen MR) is 139 cm³/mol. The number of aromatic nitrogens is 4. The summed E-state index contributed by atoms with van der Waals surface area (Å²) in [6.07, 6.45) is 0.356. The molecule has 3 heterocycles. The van der Waals surface area contributed by atoms with Crippen molar-refractivity contribution in [2.24, 2.45) is 0 Å². The SMILES string of the molecule is CNc1cc(-c2cccnc2Nc2c(C)ccc3c(Nc4cccc(C(F)(F)F)c4)nccc23)ncn1. The van der Waals surface area contributed by atoms with Gasteiger partial charge in [0.05, 0.1) is 16.9 Å². The van der Waals surface area contributed by atoms with Crippen LogP contribution in [0.25, 0.3) is 22.0 Å². The van der Waals surface area contributed by atoms with Crippen molar-refractivity contribution < 1.29 is 13.2 Å². The molecule has 5 rings (SSSR count). The number of halogens is 3. The predicted octanol–water partition coefficient (Wildman–Crippen LogP) is 6.94. The monoisotopic (exact) mass is 501 g/mol. The first kappa shape index (κ1) is 24.0. The Hall–Kier alpha value is -4.73. The number of nitrogens with one attached hydrogen (secondary N) is 3. The molecule has 0 aliphatic carbocycles. The third-order valence-electron chi connectivity index (χ3n) is 5.86. The Labute approximate surface area is 210 Å². The van der Waals surface area contributed by atoms with Gasteiger partial charge >= 0.3 is 6.18 Å². The molecule has 0 aliphatic heterocycles. The van der Waals surface area contributed by atoms with Crippen LogP contribution in [0.15, 0.2) is 79.4 Å². The standard InChI is InChI=1S/C27H22F3N7/c1-16-8-9-20-19(10-12-33-25(20)36-18-6-3-5-17(13-18)27(28,29)30)24(16)37-26-21(7-4-11-32-26)22-14-23(31-2)35-15-34-22/h3-15H,1-2H3,(H,32,37)(H,33,36)(H,31,34,35). The Bertz CT molecular complexity index is 1580. The second-order valence-electron chi connectivity index (χ2n) is 8.28. The number of alkyl halides is 3. The Kier molecular flexibility index (Phi) is 6.31. The van der Waals surface area contributed by atoms with Crippen molar-refractivity contribution in [2.45, 2.75) is 13.1 Å². The van der Waals surface area contributed by atoms with Crippen molar-refractivity contribution >= 4 is 39.6 Å². The minimum absolute atomic E-state index is 0.293. The van der Waals surface area contributed by atoms with E-state index in [1.165, 1.54) is 12.4 Å². The highest BCUT2D eigenvalue weighted by atomic mass is 19.4. The molecule has 0 unspecified atom stereocenters. The number of fused-ring (bicyclic) bond motifs is 1. The quantitative estimate of drug-likeness (QED) is 0.232. The van der Waals surface area contributed by atoms with Gasteiger partial charge in [0.15, 0.2) is 0 Å². The third kappa shape index (κ3) is 4.99. The molecule has 0 fully saturated rings. The lowest BCUT2D eigenvalue weighted by molar-refractivity contribution is -0.137. The maximum atomic E-state index is 13.2. The van der Waals surface area contributed by atoms with Crippen molar-refractivity contribution in [3.63, 3.8) is 0 Å². The summed E-state index contributed by atoms with van der Waals surface area (Å²) in [5, 5.41) is 11.1. The topological polar surface area (TPSA) is 87.7 Å². The highest BCUT2D eigenvalue weighted by molar-refractivity contribution is 6.03. The second-order valence-corrected chi connectivity index (χ2v) is 8.28. The molecule has 3 N–H and O–H groups in total. The zero-order valence-electron chi connectivity index (χ0n) is 19.9. The molecule has 7 nitrogen and oxygen atoms in total. The van der Waals surface area contributed by atoms with E-state index in [0.717, 1.165) is 39.7 Å². The lowest BCUT2D eigenvalue weighted by Gasteiger charge is -2.17. The first-order valence-electron chi connectivity index (χ1n) is 11.4. The molecular weight excluding hydrogens is 479 g/mol. The van der Waals surface area contributed by atoms with Crippen LogP contribution in [-0.2, 0) is 6.18 Å². The van der Waals surface area contributed by atoms with Crippen LogP contribution in [0.3, 0.4) is 0 Å². The molecule has 0 atom stereocenters. The molecule has 0 aliphatic rings. The number of hydrogen-bond donors (Lipinski definition) is 3. The van der Waals surface area contributed by atoms with E-state index < -0.39 is 11.7 Å². The average molecular weight is 502 g/mol. The average Bonchev–Trinajstić information content (AvgIpc) is 2.90. The first-order valence-corrected chi connectivity index (χ1v) is 11.4. The molecule has 0 saturated heterocycles. The highest BCUT2D eigenvalue weighted by Crippen LogP contribution is 2.36. The van der Waals surface area contributed by atoms with Crippen LogP contribution in [0.2, 0.25) is 0 Å². The van der Waals surface area contributed by atoms with Crippen molar-refractivity contribution in [2.75, 3.05) is 23.0 Å². The van der Waals surface area contributed by atoms with Gasteiger partial charge < -0.3 is 16.0 Å². The van der Waals surface area contributed by atoms with Crippen molar-refractivity contribution in [1.82, 2.24) is 19.9 Å². The van der Waals surface area contributed by atoms with Crippen LogP contribution in [-0.4, -0.2) is 27.0 Å². The Balaban J connectivity index is 1.55. The molecule has 0 amide bonds. The summed E-state index contributed by atoms with van der Waals surface area (Å²) in [6.45, 7) is 1.97. The molecule has 3 aromatic heterocycles. The number of anilines is 5. The van der Waals surface area contributed by atoms with Crippen molar-refractivity contribution in [3.8, 4) is 11.3 Å². The van der Waals surface area contributed by atoms with E-state index in [1.54, 1.807) is 25.5 Å². The maximum Gasteiger partial charge on any atom is 0.416 e. The number of pyridine rings is 2. The lowest BCUT2D eigenvalue weighted by atomic mass is 10.0. The van der Waals surface area contributed by atoms with Gasteiger partial charge in [-0.2, -0.15) is 13.2 Å². The van der Waals surface area contributed by atoms with Crippen molar-refractivity contribution in [1.29, 1.82) is 0 Å². The molecule has 10 heteroatoms. The fourth-order valence-electron chi connectivity index (χ4n) is 4.01. The first-order chi connectivity index (χ1) is 17.8. The van der Waals surface area contributed by atoms with Gasteiger partial charge in [0.25, 0.3) is 0 Å². The molecule has 37 heavy (non-hydrogen) atoms. The zero-order valence-corrected chi connectivity index (χ0v) is 19.9. The smallest absolute Gasteiger partial charge is 0.373 e. The van der Waals surface area contributed by atoms with Gasteiger partial charge in [-0.1, -0.05) is 18.2 Å². The van der Waals surface area contributed by atoms with Gasteiger partial charge in [0, 0.05) is 47.5 Å². The lowest BCUT2D eigenvalue weighted by Crippen LogP contribution is -2.05. The van der Waals surface area contributed by atoms with E-state index in [2.05, 4.69) is 35.9 Å². The van der Waals surface area contributed by atoms with E-state index in [4.69, 9.17) is 0 Å². The number of hydrogen-bond acceptors (Lipinski definition) is 7. The molecule has 186 valence electrons. The summed E-state index contributed by atoms with van der Waals surface area (Å²) in [6, 6.07) is 16.3. The van der Waals surface area contributed by atoms with E-state index in [9.17, 15) is 13.2 Å². The molecule has 2 aromatic carbocycles. The Morgan fingerprint density at radius 3 is 2.41 bits per heavy atom. The Morgan fingerprint density at radius 1 is 0.757 bits per heavy atom. The van der Waals surface area contributed by atoms with E-state index >= 15 is 0 Å². The zero-order chi connectivity index (χ0) is 26.0. The number of aryl methyl sites for hydroxylation is 1. The van der Waals surface area contributed by atoms with Gasteiger partial charge in [-0.05, 0) is 48.9 Å². The maximum absolute atomic E-state index is 13.2. The van der Waals surface area contributed by atoms with Crippen LogP contribution in [0, 0.1) is 6.92 Å². The summed E-state index contributed by atoms with van der Waals surface area (Å²) in [4.78, 5) is 17.5. The van der Waals surface area contributed by atoms with Gasteiger partial charge in [0.1, 0.15) is 23.8 Å². The van der Waals surface area contributed by atoms with E-state index in [1.807, 2.05) is 43.3 Å². The summed E-state index contributed by atoms with van der Waals surface area (Å²) in [5.74, 6) is 1.72. The van der Waals surface area contributed by atoms with E-state index in [0.29, 0.717) is 28.8 Å². The minimum atomic E-state index is -4.43. The summed E-state index contributed by atoms with van der Waals surface area (Å²) >= 11 is 0. The van der Waals surface area contributed by atoms with Crippen LogP contribution in [0.4, 0.5) is 42.0 Å². The van der Waals surface area contributed by atoms with Gasteiger partial charge in [-0.25, -0.2) is 19.9 Å². The van der Waals surface area contributed by atoms with Crippen molar-refractivity contribution in [3.05, 3.63) is 90.5 Å². The fraction of sp³-hybridized carbons (Fsp3) is 0.111. The largest absolute Gasteiger partial charge is 0.416 e. The summed E-state index contributed by atoms with van der Waals surface area (Å²) in [5.41, 5.74) is 2.80. The Morgan fingerprint density at radius 2 is 1.59 bits per heavy atom. The molecule has 0 bridgehead atoms. The molecule has 0 radical (unpaired) electrons. The van der Waals surface area contributed by atoms with Gasteiger partial charge in [-0.3, -0.25) is 0 Å². The number of nitrogens with zero attached hydrogens (tertiary/aromatic N) is 4. The van der Waals surface area contributed by atoms with E-state index in [-0.39, 0.29) is 0 Å². The molecule has 0 saturated carbocycles. The second kappa shape index (κ2) is 9.73. The summed E-state index contributed by atoms with van der Waals surface area (Å²) in [7, 11) is 1.78. The number of benzene rings is 2. The highest BCUT2D eigenvalue weighted by Gasteiger charge is 2.30. The van der Waals surface area contributed by atoms with Crippen LogP contribution < -0.4 is 16.0 Å². The van der Waals surface area contributed by atoms with Gasteiger partial charge in [-0.15, -0.1) is 0 Å². The molecule has 5 aromatic rings. The molecule has 0 spiro atoms. The number of rotatable bonds is 6. The summed E-state index contributed by atoms with van der Waals surface area (Å²) < 4.78 is 39.6. The minimum Gasteiger partial charge on any atom is -0.373 e. The normalized spacial score (nSPS) is 11.4. The van der Waals surface area contributed by atoms with Crippen LogP contribution in [0.5, 0.6) is 0 Å². The molecular formula is C27H22F3N7. The third-order valence-corrected chi connectivity index (χ3v) is 5.86. The van der Waals surface area contributed by atoms with Crippen LogP contribution >= 0.6 is 0 Å². The van der Waals surface area contributed by atoms with Gasteiger partial charge in [0.2, 0.25) is 0 Å². The van der Waals surface area contributed by atoms with Crippen LogP contribution in [0.1, 0.15) is 11.1 Å².